The molecule has 38 heavy (non-hydrogen) atoms. The number of hydrogen-bond donors (Lipinski definition) is 0. The molecule has 0 bridgehead atoms. The smallest absolute Gasteiger partial charge is 0.119 e. The van der Waals surface area contributed by atoms with Gasteiger partial charge in [0.2, 0.25) is 0 Å². The van der Waals surface area contributed by atoms with Gasteiger partial charge in [-0.2, -0.15) is 11.8 Å². The van der Waals surface area contributed by atoms with Crippen molar-refractivity contribution in [3.05, 3.63) is 75.2 Å². The Hall–Kier alpha value is -1.78. The molecule has 4 heteroatoms. The summed E-state index contributed by atoms with van der Waals surface area (Å²) in [4.78, 5) is 0. The molecular formula is C34H44O2S2. The van der Waals surface area contributed by atoms with Gasteiger partial charge in [0, 0.05) is 10.7 Å². The number of ether oxygens (including phenoxy) is 2. The van der Waals surface area contributed by atoms with E-state index in [0.29, 0.717) is 5.25 Å². The lowest BCUT2D eigenvalue weighted by Gasteiger charge is -2.49. The van der Waals surface area contributed by atoms with Crippen LogP contribution in [0.3, 0.4) is 0 Å². The maximum atomic E-state index is 5.67. The van der Waals surface area contributed by atoms with E-state index in [9.17, 15) is 0 Å². The Morgan fingerprint density at radius 2 is 1.58 bits per heavy atom. The minimum atomic E-state index is 0.0658. The van der Waals surface area contributed by atoms with E-state index in [1.54, 1.807) is 36.5 Å². The lowest BCUT2D eigenvalue weighted by atomic mass is 9.57. The Kier molecular flexibility index (Phi) is 9.21. The Morgan fingerprint density at radius 1 is 0.868 bits per heavy atom. The zero-order chi connectivity index (χ0) is 26.5. The van der Waals surface area contributed by atoms with Gasteiger partial charge in [0.15, 0.2) is 0 Å². The maximum absolute atomic E-state index is 5.67. The standard InChI is InChI=1S/C34H44O2S2/c1-5-7-17-37-23-26-11-9-25-20-28(36-4)13-16-32(25)34(26)21-31-29-15-12-27(35-3)19-24(29)10-14-30(31)33(22-34)38-18-8-6-2/h12-13,15-16,19-20,23,33H,5-11,14,17-18,21-22H2,1-4H3/b26-23+/t33-,34-/m0/s1. The van der Waals surface area contributed by atoms with Crippen LogP contribution in [0.2, 0.25) is 0 Å². The lowest BCUT2D eigenvalue weighted by molar-refractivity contribution is 0.404. The van der Waals surface area contributed by atoms with Crippen LogP contribution < -0.4 is 9.47 Å². The van der Waals surface area contributed by atoms with Crippen molar-refractivity contribution in [3.63, 3.8) is 0 Å². The van der Waals surface area contributed by atoms with Gasteiger partial charge >= 0.3 is 0 Å². The van der Waals surface area contributed by atoms with E-state index in [1.165, 1.54) is 66.7 Å². The SMILES string of the molecule is CCCCS/C=C1\CCc2cc(OC)ccc2[C@]12CC1=C(CCc3cc(OC)ccc31)[C@@H](SCCCC)C2. The molecule has 2 aromatic carbocycles. The van der Waals surface area contributed by atoms with Crippen LogP contribution in [0.15, 0.2) is 53.0 Å². The number of allylic oxidation sites excluding steroid dienone is 2. The molecule has 0 aliphatic heterocycles. The van der Waals surface area contributed by atoms with Crippen LogP contribution in [0, 0.1) is 0 Å². The largest absolute Gasteiger partial charge is 0.497 e. The third-order valence-corrected chi connectivity index (χ3v) is 11.2. The van der Waals surface area contributed by atoms with E-state index >= 15 is 0 Å². The Balaban J connectivity index is 1.63. The van der Waals surface area contributed by atoms with Crippen molar-refractivity contribution in [2.45, 2.75) is 88.7 Å². The summed E-state index contributed by atoms with van der Waals surface area (Å²) in [6.07, 6.45) is 12.0. The third kappa shape index (κ3) is 5.45. The fraction of sp³-hybridized carbons (Fsp3) is 0.529. The molecule has 5 rings (SSSR count). The average Bonchev–Trinajstić information content (AvgIpc) is 2.95. The van der Waals surface area contributed by atoms with Gasteiger partial charge in [0.05, 0.1) is 14.2 Å². The molecule has 0 heterocycles. The minimum Gasteiger partial charge on any atom is -0.497 e. The van der Waals surface area contributed by atoms with E-state index in [2.05, 4.69) is 79.2 Å². The quantitative estimate of drug-likeness (QED) is 0.275. The number of benzene rings is 2. The molecule has 0 aromatic heterocycles. The van der Waals surface area contributed by atoms with E-state index in [0.717, 1.165) is 37.2 Å². The summed E-state index contributed by atoms with van der Waals surface area (Å²) < 4.78 is 11.3. The highest BCUT2D eigenvalue weighted by atomic mass is 32.2. The van der Waals surface area contributed by atoms with Gasteiger partial charge in [-0.3, -0.25) is 0 Å². The van der Waals surface area contributed by atoms with Crippen molar-refractivity contribution >= 4 is 29.1 Å². The summed E-state index contributed by atoms with van der Waals surface area (Å²) in [5, 5.41) is 3.16. The maximum Gasteiger partial charge on any atom is 0.119 e. The Bertz CT molecular complexity index is 1200. The molecule has 0 saturated carbocycles. The first kappa shape index (κ1) is 27.8. The van der Waals surface area contributed by atoms with Crippen LogP contribution >= 0.6 is 23.5 Å². The first-order chi connectivity index (χ1) is 18.6. The monoisotopic (exact) mass is 548 g/mol. The fourth-order valence-corrected chi connectivity index (χ4v) is 9.48. The van der Waals surface area contributed by atoms with Crippen LogP contribution in [-0.2, 0) is 18.3 Å². The summed E-state index contributed by atoms with van der Waals surface area (Å²) in [6.45, 7) is 4.61. The third-order valence-electron chi connectivity index (χ3n) is 8.85. The highest BCUT2D eigenvalue weighted by molar-refractivity contribution is 8.02. The number of fused-ring (bicyclic) bond motifs is 4. The molecule has 2 atom stereocenters. The number of rotatable bonds is 10. The van der Waals surface area contributed by atoms with Crippen molar-refractivity contribution in [1.29, 1.82) is 0 Å². The Morgan fingerprint density at radius 3 is 2.34 bits per heavy atom. The molecule has 3 aliphatic rings. The zero-order valence-corrected chi connectivity index (χ0v) is 25.4. The zero-order valence-electron chi connectivity index (χ0n) is 23.7. The van der Waals surface area contributed by atoms with Crippen LogP contribution in [0.25, 0.3) is 5.57 Å². The van der Waals surface area contributed by atoms with Crippen LogP contribution in [-0.4, -0.2) is 31.0 Å². The molecule has 1 spiro atoms. The van der Waals surface area contributed by atoms with E-state index in [-0.39, 0.29) is 5.41 Å². The number of unbranched alkanes of at least 4 members (excludes halogenated alkanes) is 2. The highest BCUT2D eigenvalue weighted by Crippen LogP contribution is 2.58. The van der Waals surface area contributed by atoms with Gasteiger partial charge in [-0.1, -0.05) is 50.0 Å². The van der Waals surface area contributed by atoms with Crippen LogP contribution in [0.5, 0.6) is 11.5 Å². The summed E-state index contributed by atoms with van der Waals surface area (Å²) in [6, 6.07) is 13.8. The van der Waals surface area contributed by atoms with Gasteiger partial charge in [-0.25, -0.2) is 0 Å². The van der Waals surface area contributed by atoms with Gasteiger partial charge in [0.25, 0.3) is 0 Å². The fourth-order valence-electron chi connectivity index (χ4n) is 6.76. The number of thioether (sulfide) groups is 2. The molecule has 0 unspecified atom stereocenters. The summed E-state index contributed by atoms with van der Waals surface area (Å²) in [5.74, 6) is 4.44. The first-order valence-electron chi connectivity index (χ1n) is 14.6. The van der Waals surface area contributed by atoms with Crippen molar-refractivity contribution in [3.8, 4) is 11.5 Å². The normalized spacial score (nSPS) is 23.3. The van der Waals surface area contributed by atoms with Crippen molar-refractivity contribution in [1.82, 2.24) is 0 Å². The second-order valence-electron chi connectivity index (χ2n) is 11.1. The average molecular weight is 549 g/mol. The molecule has 3 aliphatic carbocycles. The molecule has 0 fully saturated rings. The first-order valence-corrected chi connectivity index (χ1v) is 16.7. The molecule has 0 amide bonds. The summed E-state index contributed by atoms with van der Waals surface area (Å²) in [7, 11) is 3.58. The number of methoxy groups -OCH3 is 2. The molecular weight excluding hydrogens is 505 g/mol. The van der Waals surface area contributed by atoms with Crippen molar-refractivity contribution in [2.24, 2.45) is 0 Å². The molecule has 2 aromatic rings. The predicted octanol–water partition coefficient (Wildman–Crippen LogP) is 9.40. The molecule has 204 valence electrons. The second-order valence-corrected chi connectivity index (χ2v) is 13.4. The topological polar surface area (TPSA) is 18.5 Å². The van der Waals surface area contributed by atoms with Gasteiger partial charge in [0.1, 0.15) is 11.5 Å². The van der Waals surface area contributed by atoms with E-state index < -0.39 is 0 Å². The minimum absolute atomic E-state index is 0.0658. The highest BCUT2D eigenvalue weighted by Gasteiger charge is 2.47. The van der Waals surface area contributed by atoms with Crippen LogP contribution in [0.4, 0.5) is 0 Å². The predicted molar refractivity (Wildman–Crippen MR) is 167 cm³/mol. The molecule has 0 saturated heterocycles. The second kappa shape index (κ2) is 12.6. The number of aryl methyl sites for hydroxylation is 2. The summed E-state index contributed by atoms with van der Waals surface area (Å²) >= 11 is 4.28. The van der Waals surface area contributed by atoms with Gasteiger partial charge in [-0.15, -0.1) is 11.8 Å². The lowest BCUT2D eigenvalue weighted by Crippen LogP contribution is -2.41. The molecule has 0 N–H and O–H groups in total. The summed E-state index contributed by atoms with van der Waals surface area (Å²) in [5.41, 5.74) is 11.1. The van der Waals surface area contributed by atoms with Crippen molar-refractivity contribution in [2.75, 3.05) is 25.7 Å². The number of hydrogen-bond acceptors (Lipinski definition) is 4. The van der Waals surface area contributed by atoms with Gasteiger partial charge < -0.3 is 9.47 Å². The van der Waals surface area contributed by atoms with Crippen molar-refractivity contribution < 1.29 is 9.47 Å². The van der Waals surface area contributed by atoms with Gasteiger partial charge in [-0.05, 0) is 120 Å². The van der Waals surface area contributed by atoms with E-state index in [1.807, 2.05) is 0 Å². The molecule has 0 radical (unpaired) electrons. The van der Waals surface area contributed by atoms with E-state index in [4.69, 9.17) is 9.47 Å². The Labute approximate surface area is 239 Å². The van der Waals surface area contributed by atoms with Crippen LogP contribution in [0.1, 0.15) is 87.5 Å². The molecule has 2 nitrogen and oxygen atoms in total.